The molecule has 2 nitrogen and oxygen atoms in total. The molecule has 2 rings (SSSR count). The summed E-state index contributed by atoms with van der Waals surface area (Å²) < 4.78 is 0. The fraction of sp³-hybridized carbons (Fsp3) is 0.333. The first-order valence-electron chi connectivity index (χ1n) is 7.35. The highest BCUT2D eigenvalue weighted by molar-refractivity contribution is 5.85. The maximum Gasteiger partial charge on any atom is 0.0447 e. The third-order valence-corrected chi connectivity index (χ3v) is 3.44. The molecule has 0 aliphatic rings. The Balaban J connectivity index is 0.00000220. The summed E-state index contributed by atoms with van der Waals surface area (Å²) >= 11 is 0. The first kappa shape index (κ1) is 17.5. The number of halogens is 1. The van der Waals surface area contributed by atoms with Crippen molar-refractivity contribution < 1.29 is 5.11 Å². The van der Waals surface area contributed by atoms with Gasteiger partial charge in [-0.1, -0.05) is 48.5 Å². The summed E-state index contributed by atoms with van der Waals surface area (Å²) in [4.78, 5) is 2.36. The second-order valence-electron chi connectivity index (χ2n) is 4.99. The number of para-hydroxylation sites is 1. The van der Waals surface area contributed by atoms with Crippen LogP contribution < -0.4 is 4.90 Å². The van der Waals surface area contributed by atoms with Gasteiger partial charge in [0.2, 0.25) is 0 Å². The average molecular weight is 306 g/mol. The second kappa shape index (κ2) is 10.3. The van der Waals surface area contributed by atoms with Crippen LogP contribution in [0.5, 0.6) is 0 Å². The van der Waals surface area contributed by atoms with Crippen LogP contribution in [0.1, 0.15) is 18.4 Å². The predicted molar refractivity (Wildman–Crippen MR) is 92.4 cm³/mol. The van der Waals surface area contributed by atoms with Crippen LogP contribution in [-0.2, 0) is 6.42 Å². The quantitative estimate of drug-likeness (QED) is 0.799. The van der Waals surface area contributed by atoms with Crippen molar-refractivity contribution in [2.45, 2.75) is 19.3 Å². The Morgan fingerprint density at radius 3 is 1.95 bits per heavy atom. The maximum atomic E-state index is 9.04. The Hall–Kier alpha value is -1.51. The van der Waals surface area contributed by atoms with Gasteiger partial charge in [0.15, 0.2) is 0 Å². The molecule has 21 heavy (non-hydrogen) atoms. The molecule has 0 saturated heterocycles. The number of aliphatic hydroxyl groups is 1. The third-order valence-electron chi connectivity index (χ3n) is 3.44. The van der Waals surface area contributed by atoms with Gasteiger partial charge in [0, 0.05) is 25.4 Å². The van der Waals surface area contributed by atoms with Crippen LogP contribution in [0.4, 0.5) is 5.69 Å². The summed E-state index contributed by atoms with van der Waals surface area (Å²) in [5.41, 5.74) is 2.64. The normalized spacial score (nSPS) is 9.95. The predicted octanol–water partition coefficient (Wildman–Crippen LogP) is 3.93. The molecule has 0 atom stereocenters. The highest BCUT2D eigenvalue weighted by atomic mass is 35.5. The molecule has 2 aromatic carbocycles. The number of aryl methyl sites for hydroxylation is 1. The monoisotopic (exact) mass is 305 g/mol. The molecule has 0 saturated carbocycles. The molecule has 1 N–H and O–H groups in total. The fourth-order valence-corrected chi connectivity index (χ4v) is 2.39. The van der Waals surface area contributed by atoms with Crippen LogP contribution in [0.2, 0.25) is 0 Å². The summed E-state index contributed by atoms with van der Waals surface area (Å²) in [6.07, 6.45) is 3.05. The molecule has 0 radical (unpaired) electrons. The van der Waals surface area contributed by atoms with Crippen molar-refractivity contribution in [1.29, 1.82) is 0 Å². The van der Waals surface area contributed by atoms with Crippen molar-refractivity contribution in [2.75, 3.05) is 24.6 Å². The van der Waals surface area contributed by atoms with Gasteiger partial charge < -0.3 is 10.0 Å². The fourth-order valence-electron chi connectivity index (χ4n) is 2.39. The van der Waals surface area contributed by atoms with Crippen LogP contribution in [0, 0.1) is 0 Å². The van der Waals surface area contributed by atoms with Crippen LogP contribution in [0.3, 0.4) is 0 Å². The number of anilines is 1. The van der Waals surface area contributed by atoms with Crippen LogP contribution >= 0.6 is 12.4 Å². The number of benzene rings is 2. The van der Waals surface area contributed by atoms with Gasteiger partial charge in [-0.2, -0.15) is 0 Å². The minimum atomic E-state index is 0. The summed E-state index contributed by atoms with van der Waals surface area (Å²) in [6, 6.07) is 21.1. The number of hydrogen-bond acceptors (Lipinski definition) is 2. The smallest absolute Gasteiger partial charge is 0.0447 e. The topological polar surface area (TPSA) is 23.5 Å². The molecule has 0 spiro atoms. The molecular formula is C18H24ClNO. The Bertz CT molecular complexity index is 475. The van der Waals surface area contributed by atoms with Crippen molar-refractivity contribution in [3.63, 3.8) is 0 Å². The van der Waals surface area contributed by atoms with Gasteiger partial charge in [-0.25, -0.2) is 0 Å². The first-order valence-corrected chi connectivity index (χ1v) is 7.35. The van der Waals surface area contributed by atoms with Gasteiger partial charge in [-0.15, -0.1) is 12.4 Å². The first-order chi connectivity index (χ1) is 9.90. The minimum absolute atomic E-state index is 0. The molecule has 114 valence electrons. The Labute approximate surface area is 133 Å². The van der Waals surface area contributed by atoms with Gasteiger partial charge in [-0.05, 0) is 37.0 Å². The van der Waals surface area contributed by atoms with Gasteiger partial charge in [0.25, 0.3) is 0 Å². The highest BCUT2D eigenvalue weighted by Gasteiger charge is 2.05. The van der Waals surface area contributed by atoms with E-state index < -0.39 is 0 Å². The Morgan fingerprint density at radius 2 is 1.33 bits per heavy atom. The number of hydrogen-bond donors (Lipinski definition) is 1. The van der Waals surface area contributed by atoms with Gasteiger partial charge in [0.1, 0.15) is 0 Å². The van der Waals surface area contributed by atoms with E-state index in [1.165, 1.54) is 11.3 Å². The summed E-state index contributed by atoms with van der Waals surface area (Å²) in [5, 5.41) is 9.04. The van der Waals surface area contributed by atoms with E-state index in [1.54, 1.807) is 0 Å². The number of aliphatic hydroxyl groups excluding tert-OH is 1. The van der Waals surface area contributed by atoms with Crippen LogP contribution in [-0.4, -0.2) is 24.8 Å². The van der Waals surface area contributed by atoms with Crippen molar-refractivity contribution in [3.8, 4) is 0 Å². The zero-order chi connectivity index (χ0) is 14.0. The Kier molecular flexibility index (Phi) is 8.56. The molecular weight excluding hydrogens is 282 g/mol. The average Bonchev–Trinajstić information content (AvgIpc) is 2.52. The molecule has 0 amide bonds. The standard InChI is InChI=1S/C18H23NO.ClH/c20-16-8-15-19(18-12-5-2-6-13-18)14-7-11-17-9-3-1-4-10-17;/h1-6,9-10,12-13,20H,7-8,11,14-16H2;1H. The van der Waals surface area contributed by atoms with E-state index in [4.69, 9.17) is 5.11 Å². The largest absolute Gasteiger partial charge is 0.396 e. The summed E-state index contributed by atoms with van der Waals surface area (Å²) in [5.74, 6) is 0. The molecule has 0 aliphatic heterocycles. The van der Waals surface area contributed by atoms with Gasteiger partial charge in [0.05, 0.1) is 0 Å². The zero-order valence-electron chi connectivity index (χ0n) is 12.3. The van der Waals surface area contributed by atoms with E-state index in [1.807, 2.05) is 6.07 Å². The third kappa shape index (κ3) is 6.19. The number of nitrogens with zero attached hydrogens (tertiary/aromatic N) is 1. The molecule has 0 aliphatic carbocycles. The van der Waals surface area contributed by atoms with Crippen molar-refractivity contribution in [3.05, 3.63) is 66.2 Å². The summed E-state index contributed by atoms with van der Waals surface area (Å²) in [6.45, 7) is 2.19. The second-order valence-corrected chi connectivity index (χ2v) is 4.99. The lowest BCUT2D eigenvalue weighted by molar-refractivity contribution is 0.289. The molecule has 0 fully saturated rings. The van der Waals surface area contributed by atoms with E-state index in [0.29, 0.717) is 0 Å². The molecule has 3 heteroatoms. The highest BCUT2D eigenvalue weighted by Crippen LogP contribution is 2.15. The van der Waals surface area contributed by atoms with Crippen LogP contribution in [0.25, 0.3) is 0 Å². The number of rotatable bonds is 8. The minimum Gasteiger partial charge on any atom is -0.396 e. The van der Waals surface area contributed by atoms with E-state index in [0.717, 1.165) is 32.4 Å². The zero-order valence-corrected chi connectivity index (χ0v) is 13.1. The molecule has 2 aromatic rings. The maximum absolute atomic E-state index is 9.04. The van der Waals surface area contributed by atoms with E-state index in [-0.39, 0.29) is 19.0 Å². The van der Waals surface area contributed by atoms with Crippen LogP contribution in [0.15, 0.2) is 60.7 Å². The van der Waals surface area contributed by atoms with Crippen molar-refractivity contribution >= 4 is 18.1 Å². The van der Waals surface area contributed by atoms with Crippen molar-refractivity contribution in [2.24, 2.45) is 0 Å². The summed E-state index contributed by atoms with van der Waals surface area (Å²) in [7, 11) is 0. The van der Waals surface area contributed by atoms with Gasteiger partial charge in [-0.3, -0.25) is 0 Å². The molecule has 0 aromatic heterocycles. The van der Waals surface area contributed by atoms with Crippen molar-refractivity contribution in [1.82, 2.24) is 0 Å². The van der Waals surface area contributed by atoms with E-state index in [9.17, 15) is 0 Å². The molecule has 0 heterocycles. The van der Waals surface area contributed by atoms with E-state index in [2.05, 4.69) is 59.5 Å². The van der Waals surface area contributed by atoms with Gasteiger partial charge >= 0.3 is 0 Å². The lowest BCUT2D eigenvalue weighted by Crippen LogP contribution is -2.26. The molecule has 0 bridgehead atoms. The lowest BCUT2D eigenvalue weighted by Gasteiger charge is -2.24. The SMILES string of the molecule is Cl.OCCCN(CCCc1ccccc1)c1ccccc1. The Morgan fingerprint density at radius 1 is 0.762 bits per heavy atom. The molecule has 0 unspecified atom stereocenters. The lowest BCUT2D eigenvalue weighted by atomic mass is 10.1. The van der Waals surface area contributed by atoms with E-state index >= 15 is 0 Å².